The lowest BCUT2D eigenvalue weighted by Crippen LogP contribution is -2.50. The Balaban J connectivity index is 1.69. The van der Waals surface area contributed by atoms with Crippen LogP contribution in [0.15, 0.2) is 11.6 Å². The Morgan fingerprint density at radius 3 is 2.62 bits per heavy atom. The summed E-state index contributed by atoms with van der Waals surface area (Å²) >= 11 is 0. The van der Waals surface area contributed by atoms with Crippen LogP contribution in [-0.2, 0) is 4.79 Å². The van der Waals surface area contributed by atoms with Crippen LogP contribution in [0.25, 0.3) is 0 Å². The molecule has 0 aliphatic heterocycles. The molecule has 0 N–H and O–H groups in total. The fourth-order valence-corrected chi connectivity index (χ4v) is 6.39. The van der Waals surface area contributed by atoms with Crippen molar-refractivity contribution in [3.05, 3.63) is 11.6 Å². The highest BCUT2D eigenvalue weighted by atomic mass is 19.1. The Kier molecular flexibility index (Phi) is 2.94. The third kappa shape index (κ3) is 1.77. The van der Waals surface area contributed by atoms with E-state index < -0.39 is 6.17 Å². The van der Waals surface area contributed by atoms with Crippen molar-refractivity contribution in [2.75, 3.05) is 0 Å². The summed E-state index contributed by atoms with van der Waals surface area (Å²) in [5.41, 5.74) is 1.58. The SMILES string of the molecule is C[C@]12CCC(F)CC1=CC[C@@H]1[C@@H]2CC[C@]2(C)C(=O)CC[C@@H]12. The molecule has 0 radical (unpaired) electrons. The number of carbonyl (C=O) groups excluding carboxylic acids is 1. The number of fused-ring (bicyclic) bond motifs is 5. The average molecular weight is 290 g/mol. The van der Waals surface area contributed by atoms with E-state index in [1.54, 1.807) is 0 Å². The van der Waals surface area contributed by atoms with Gasteiger partial charge in [-0.1, -0.05) is 25.5 Å². The quantitative estimate of drug-likeness (QED) is 0.582. The van der Waals surface area contributed by atoms with E-state index in [1.807, 2.05) is 0 Å². The summed E-state index contributed by atoms with van der Waals surface area (Å²) in [7, 11) is 0. The molecule has 21 heavy (non-hydrogen) atoms. The molecule has 0 saturated heterocycles. The largest absolute Gasteiger partial charge is 0.299 e. The van der Waals surface area contributed by atoms with Gasteiger partial charge in [0.15, 0.2) is 0 Å². The Hall–Kier alpha value is -0.660. The molecule has 1 unspecified atom stereocenters. The van der Waals surface area contributed by atoms with Crippen molar-refractivity contribution in [1.82, 2.24) is 0 Å². The predicted molar refractivity (Wildman–Crippen MR) is 81.6 cm³/mol. The maximum atomic E-state index is 13.8. The van der Waals surface area contributed by atoms with Crippen molar-refractivity contribution in [2.24, 2.45) is 28.6 Å². The van der Waals surface area contributed by atoms with Gasteiger partial charge in [0.2, 0.25) is 0 Å². The van der Waals surface area contributed by atoms with Crippen LogP contribution < -0.4 is 0 Å². The van der Waals surface area contributed by atoms with Crippen LogP contribution in [0.1, 0.15) is 65.2 Å². The third-order valence-corrected chi connectivity index (χ3v) is 7.75. The molecule has 4 aliphatic carbocycles. The van der Waals surface area contributed by atoms with Gasteiger partial charge in [-0.15, -0.1) is 0 Å². The lowest BCUT2D eigenvalue weighted by Gasteiger charge is -2.56. The third-order valence-electron chi connectivity index (χ3n) is 7.75. The lowest BCUT2D eigenvalue weighted by molar-refractivity contribution is -0.131. The first-order valence-corrected chi connectivity index (χ1v) is 8.82. The van der Waals surface area contributed by atoms with Gasteiger partial charge >= 0.3 is 0 Å². The molecule has 0 amide bonds. The maximum absolute atomic E-state index is 13.8. The second-order valence-corrected chi connectivity index (χ2v) is 8.52. The van der Waals surface area contributed by atoms with E-state index in [4.69, 9.17) is 0 Å². The number of hydrogen-bond acceptors (Lipinski definition) is 1. The van der Waals surface area contributed by atoms with Gasteiger partial charge in [-0.3, -0.25) is 4.79 Å². The number of alkyl halides is 1. The average Bonchev–Trinajstić information content (AvgIpc) is 2.76. The maximum Gasteiger partial charge on any atom is 0.139 e. The highest BCUT2D eigenvalue weighted by molar-refractivity contribution is 5.87. The Morgan fingerprint density at radius 2 is 1.81 bits per heavy atom. The molecule has 6 atom stereocenters. The first kappa shape index (κ1) is 14.0. The molecule has 3 saturated carbocycles. The van der Waals surface area contributed by atoms with Crippen LogP contribution in [0.3, 0.4) is 0 Å². The lowest BCUT2D eigenvalue weighted by atomic mass is 9.48. The predicted octanol–water partition coefficient (Wildman–Crippen LogP) is 4.86. The van der Waals surface area contributed by atoms with Crippen LogP contribution in [0.2, 0.25) is 0 Å². The number of halogens is 1. The molecule has 0 heterocycles. The van der Waals surface area contributed by atoms with Gasteiger partial charge in [0.25, 0.3) is 0 Å². The minimum atomic E-state index is -0.622. The summed E-state index contributed by atoms with van der Waals surface area (Å²) in [6.45, 7) is 4.62. The number of rotatable bonds is 0. The first-order chi connectivity index (χ1) is 9.95. The zero-order valence-electron chi connectivity index (χ0n) is 13.3. The smallest absolute Gasteiger partial charge is 0.139 e. The van der Waals surface area contributed by atoms with Crippen molar-refractivity contribution >= 4 is 5.78 Å². The molecule has 2 heteroatoms. The van der Waals surface area contributed by atoms with Crippen LogP contribution in [0, 0.1) is 28.6 Å². The molecule has 1 nitrogen and oxygen atoms in total. The van der Waals surface area contributed by atoms with Gasteiger partial charge in [0.05, 0.1) is 0 Å². The highest BCUT2D eigenvalue weighted by Gasteiger charge is 2.58. The topological polar surface area (TPSA) is 17.1 Å². The van der Waals surface area contributed by atoms with E-state index in [0.717, 1.165) is 38.5 Å². The van der Waals surface area contributed by atoms with Crippen LogP contribution in [0.4, 0.5) is 4.39 Å². The van der Waals surface area contributed by atoms with E-state index >= 15 is 0 Å². The van der Waals surface area contributed by atoms with Gasteiger partial charge in [-0.05, 0) is 61.7 Å². The second-order valence-electron chi connectivity index (χ2n) is 8.52. The molecule has 116 valence electrons. The van der Waals surface area contributed by atoms with Gasteiger partial charge in [-0.2, -0.15) is 0 Å². The van der Waals surface area contributed by atoms with Gasteiger partial charge in [-0.25, -0.2) is 4.39 Å². The van der Waals surface area contributed by atoms with E-state index in [2.05, 4.69) is 19.9 Å². The standard InChI is InChI=1S/C19H27FO/c1-18-9-7-13(20)11-12(18)3-4-14-15-5-6-17(21)19(15,2)10-8-16(14)18/h3,13-16H,4-11H2,1-2H3/t13?,14-,15-,16-,18-,19-/m0/s1. The zero-order valence-corrected chi connectivity index (χ0v) is 13.3. The minimum absolute atomic E-state index is 0.0415. The highest BCUT2D eigenvalue weighted by Crippen LogP contribution is 2.64. The van der Waals surface area contributed by atoms with E-state index in [1.165, 1.54) is 12.0 Å². The number of Topliss-reactive ketones (excluding diaryl/α,β-unsaturated/α-hetero) is 1. The summed E-state index contributed by atoms with van der Waals surface area (Å²) in [5.74, 6) is 2.45. The van der Waals surface area contributed by atoms with Crippen molar-refractivity contribution in [3.63, 3.8) is 0 Å². The number of ketones is 1. The zero-order chi connectivity index (χ0) is 14.8. The van der Waals surface area contributed by atoms with Gasteiger partial charge < -0.3 is 0 Å². The molecule has 4 rings (SSSR count). The summed E-state index contributed by atoms with van der Waals surface area (Å²) in [6.07, 6.45) is 9.39. The Labute approximate surface area is 127 Å². The molecule has 0 bridgehead atoms. The summed E-state index contributed by atoms with van der Waals surface area (Å²) in [4.78, 5) is 12.3. The normalized spacial score (nSPS) is 52.7. The fourth-order valence-electron chi connectivity index (χ4n) is 6.39. The monoisotopic (exact) mass is 290 g/mol. The van der Waals surface area contributed by atoms with Crippen LogP contribution >= 0.6 is 0 Å². The molecule has 0 aromatic heterocycles. The van der Waals surface area contributed by atoms with Crippen molar-refractivity contribution in [3.8, 4) is 0 Å². The minimum Gasteiger partial charge on any atom is -0.299 e. The fraction of sp³-hybridized carbons (Fsp3) is 0.842. The molecule has 3 fully saturated rings. The summed E-state index contributed by atoms with van der Waals surface area (Å²) < 4.78 is 13.8. The van der Waals surface area contributed by atoms with Gasteiger partial charge in [0.1, 0.15) is 12.0 Å². The van der Waals surface area contributed by atoms with Crippen molar-refractivity contribution in [2.45, 2.75) is 71.4 Å². The van der Waals surface area contributed by atoms with Gasteiger partial charge in [0, 0.05) is 18.3 Å². The van der Waals surface area contributed by atoms with E-state index in [0.29, 0.717) is 30.0 Å². The Bertz CT molecular complexity index is 510. The molecular formula is C19H27FO. The molecule has 0 aromatic rings. The second kappa shape index (κ2) is 4.43. The first-order valence-electron chi connectivity index (χ1n) is 8.82. The van der Waals surface area contributed by atoms with Crippen LogP contribution in [0.5, 0.6) is 0 Å². The molecule has 0 aromatic carbocycles. The van der Waals surface area contributed by atoms with Crippen molar-refractivity contribution < 1.29 is 9.18 Å². The number of allylic oxidation sites excluding steroid dienone is 2. The summed E-state index contributed by atoms with van der Waals surface area (Å²) in [6, 6.07) is 0. The van der Waals surface area contributed by atoms with E-state index in [9.17, 15) is 9.18 Å². The Morgan fingerprint density at radius 1 is 1.10 bits per heavy atom. The molecule has 0 spiro atoms. The molecule has 4 aliphatic rings. The van der Waals surface area contributed by atoms with Crippen molar-refractivity contribution in [1.29, 1.82) is 0 Å². The number of hydrogen-bond donors (Lipinski definition) is 0. The summed E-state index contributed by atoms with van der Waals surface area (Å²) in [5, 5.41) is 0. The number of carbonyl (C=O) groups is 1. The van der Waals surface area contributed by atoms with E-state index in [-0.39, 0.29) is 10.8 Å². The molecular weight excluding hydrogens is 263 g/mol. The van der Waals surface area contributed by atoms with Crippen LogP contribution in [-0.4, -0.2) is 12.0 Å².